The molecule has 5 nitrogen and oxygen atoms in total. The standard InChI is InChI=1S/C10H14N4O/c11-10(12)8-5-14-9(6-13-8)15-7-3-1-2-4-7/h5-7H,1-4H2,(H3,11,12). The van der Waals surface area contributed by atoms with Crippen LogP contribution in [0.15, 0.2) is 12.4 Å². The lowest BCUT2D eigenvalue weighted by Gasteiger charge is -2.11. The summed E-state index contributed by atoms with van der Waals surface area (Å²) in [5, 5.41) is 7.16. The highest BCUT2D eigenvalue weighted by molar-refractivity contribution is 5.92. The van der Waals surface area contributed by atoms with E-state index in [1.807, 2.05) is 0 Å². The average molecular weight is 206 g/mol. The monoisotopic (exact) mass is 206 g/mol. The fourth-order valence-electron chi connectivity index (χ4n) is 1.69. The SMILES string of the molecule is N=C(N)c1cnc(OC2CCCC2)cn1. The van der Waals surface area contributed by atoms with Crippen molar-refractivity contribution >= 4 is 5.84 Å². The number of nitrogens with zero attached hydrogens (tertiary/aromatic N) is 2. The molecular weight excluding hydrogens is 192 g/mol. The van der Waals surface area contributed by atoms with E-state index in [1.165, 1.54) is 25.2 Å². The Hall–Kier alpha value is -1.65. The molecule has 0 unspecified atom stereocenters. The molecule has 1 aliphatic rings. The molecule has 1 heterocycles. The van der Waals surface area contributed by atoms with Gasteiger partial charge in [0.1, 0.15) is 17.6 Å². The van der Waals surface area contributed by atoms with Crippen LogP contribution < -0.4 is 10.5 Å². The van der Waals surface area contributed by atoms with Gasteiger partial charge in [-0.2, -0.15) is 0 Å². The van der Waals surface area contributed by atoms with Crippen molar-refractivity contribution in [1.82, 2.24) is 9.97 Å². The van der Waals surface area contributed by atoms with Crippen LogP contribution >= 0.6 is 0 Å². The molecule has 0 spiro atoms. The first-order chi connectivity index (χ1) is 7.25. The van der Waals surface area contributed by atoms with Gasteiger partial charge in [-0.25, -0.2) is 9.97 Å². The van der Waals surface area contributed by atoms with E-state index in [2.05, 4.69) is 9.97 Å². The lowest BCUT2D eigenvalue weighted by atomic mass is 10.3. The highest BCUT2D eigenvalue weighted by Crippen LogP contribution is 2.22. The van der Waals surface area contributed by atoms with Crippen LogP contribution in [0.3, 0.4) is 0 Å². The van der Waals surface area contributed by atoms with E-state index in [1.54, 1.807) is 0 Å². The normalized spacial score (nSPS) is 16.5. The third-order valence-electron chi connectivity index (χ3n) is 2.49. The van der Waals surface area contributed by atoms with Gasteiger partial charge >= 0.3 is 0 Å². The number of amidine groups is 1. The van der Waals surface area contributed by atoms with Crippen molar-refractivity contribution in [2.75, 3.05) is 0 Å². The van der Waals surface area contributed by atoms with Gasteiger partial charge in [0.05, 0.1) is 12.4 Å². The van der Waals surface area contributed by atoms with Crippen molar-refractivity contribution in [2.45, 2.75) is 31.8 Å². The summed E-state index contributed by atoms with van der Waals surface area (Å²) in [6.45, 7) is 0. The fraction of sp³-hybridized carbons (Fsp3) is 0.500. The van der Waals surface area contributed by atoms with Crippen molar-refractivity contribution in [1.29, 1.82) is 5.41 Å². The molecule has 0 atom stereocenters. The number of nitrogens with one attached hydrogen (secondary N) is 1. The first-order valence-corrected chi connectivity index (χ1v) is 5.09. The Labute approximate surface area is 88.2 Å². The molecule has 0 amide bonds. The second-order valence-corrected chi connectivity index (χ2v) is 3.68. The summed E-state index contributed by atoms with van der Waals surface area (Å²) in [5.74, 6) is 0.446. The predicted octanol–water partition coefficient (Wildman–Crippen LogP) is 1.08. The first kappa shape index (κ1) is 9.89. The van der Waals surface area contributed by atoms with E-state index in [0.717, 1.165) is 12.8 Å². The molecule has 0 aromatic carbocycles. The largest absolute Gasteiger partial charge is 0.473 e. The van der Waals surface area contributed by atoms with E-state index in [9.17, 15) is 0 Å². The summed E-state index contributed by atoms with van der Waals surface area (Å²) in [6.07, 6.45) is 7.91. The van der Waals surface area contributed by atoms with Gasteiger partial charge in [0.2, 0.25) is 5.88 Å². The average Bonchev–Trinajstić information content (AvgIpc) is 2.71. The Kier molecular flexibility index (Phi) is 2.80. The Morgan fingerprint density at radius 1 is 1.33 bits per heavy atom. The third-order valence-corrected chi connectivity index (χ3v) is 2.49. The maximum Gasteiger partial charge on any atom is 0.232 e. The van der Waals surface area contributed by atoms with Gasteiger partial charge in [0, 0.05) is 0 Å². The molecule has 15 heavy (non-hydrogen) atoms. The number of nitrogen functional groups attached to an aromatic ring is 1. The number of ether oxygens (including phenoxy) is 1. The molecule has 1 aromatic heterocycles. The van der Waals surface area contributed by atoms with Crippen molar-refractivity contribution in [3.8, 4) is 5.88 Å². The molecule has 1 saturated carbocycles. The summed E-state index contributed by atoms with van der Waals surface area (Å²) in [6, 6.07) is 0. The molecule has 3 N–H and O–H groups in total. The molecule has 1 fully saturated rings. The van der Waals surface area contributed by atoms with E-state index >= 15 is 0 Å². The smallest absolute Gasteiger partial charge is 0.232 e. The number of rotatable bonds is 3. The van der Waals surface area contributed by atoms with Crippen LogP contribution in [0.1, 0.15) is 31.4 Å². The maximum absolute atomic E-state index is 7.16. The molecular formula is C10H14N4O. The van der Waals surface area contributed by atoms with E-state index < -0.39 is 0 Å². The summed E-state index contributed by atoms with van der Waals surface area (Å²) in [7, 11) is 0. The first-order valence-electron chi connectivity index (χ1n) is 5.09. The van der Waals surface area contributed by atoms with Gasteiger partial charge in [-0.05, 0) is 25.7 Å². The Morgan fingerprint density at radius 3 is 2.60 bits per heavy atom. The van der Waals surface area contributed by atoms with Crippen molar-refractivity contribution in [3.63, 3.8) is 0 Å². The van der Waals surface area contributed by atoms with Crippen LogP contribution in [0.2, 0.25) is 0 Å². The minimum absolute atomic E-state index is 0.0742. The minimum atomic E-state index is -0.0742. The zero-order valence-corrected chi connectivity index (χ0v) is 8.44. The molecule has 80 valence electrons. The number of aromatic nitrogens is 2. The Balaban J connectivity index is 2.00. The van der Waals surface area contributed by atoms with Crippen LogP contribution in [-0.2, 0) is 0 Å². The molecule has 0 saturated heterocycles. The van der Waals surface area contributed by atoms with Crippen LogP contribution in [-0.4, -0.2) is 21.9 Å². The summed E-state index contributed by atoms with van der Waals surface area (Å²) in [4.78, 5) is 8.04. The number of nitrogens with two attached hydrogens (primary N) is 1. The second kappa shape index (κ2) is 4.25. The molecule has 1 aromatic rings. The van der Waals surface area contributed by atoms with E-state index in [0.29, 0.717) is 11.6 Å². The van der Waals surface area contributed by atoms with Gasteiger partial charge in [0.15, 0.2) is 0 Å². The highest BCUT2D eigenvalue weighted by Gasteiger charge is 2.17. The predicted molar refractivity (Wildman–Crippen MR) is 55.9 cm³/mol. The summed E-state index contributed by atoms with van der Waals surface area (Å²) in [5.41, 5.74) is 5.65. The topological polar surface area (TPSA) is 84.9 Å². The van der Waals surface area contributed by atoms with Crippen molar-refractivity contribution in [2.24, 2.45) is 5.73 Å². The van der Waals surface area contributed by atoms with Gasteiger partial charge in [0.25, 0.3) is 0 Å². The van der Waals surface area contributed by atoms with E-state index in [-0.39, 0.29) is 11.9 Å². The van der Waals surface area contributed by atoms with Gasteiger partial charge < -0.3 is 10.5 Å². The van der Waals surface area contributed by atoms with Gasteiger partial charge in [-0.1, -0.05) is 0 Å². The Morgan fingerprint density at radius 2 is 2.07 bits per heavy atom. The molecule has 5 heteroatoms. The van der Waals surface area contributed by atoms with Crippen LogP contribution in [0, 0.1) is 5.41 Å². The molecule has 0 aliphatic heterocycles. The number of hydrogen-bond acceptors (Lipinski definition) is 4. The molecule has 1 aliphatic carbocycles. The van der Waals surface area contributed by atoms with Crippen molar-refractivity contribution in [3.05, 3.63) is 18.1 Å². The lowest BCUT2D eigenvalue weighted by Crippen LogP contribution is -2.15. The van der Waals surface area contributed by atoms with Gasteiger partial charge in [-0.3, -0.25) is 5.41 Å². The van der Waals surface area contributed by atoms with Crippen LogP contribution in [0.25, 0.3) is 0 Å². The maximum atomic E-state index is 7.16. The van der Waals surface area contributed by atoms with Gasteiger partial charge in [-0.15, -0.1) is 0 Å². The van der Waals surface area contributed by atoms with E-state index in [4.69, 9.17) is 15.9 Å². The lowest BCUT2D eigenvalue weighted by molar-refractivity contribution is 0.200. The fourth-order valence-corrected chi connectivity index (χ4v) is 1.69. The van der Waals surface area contributed by atoms with Crippen LogP contribution in [0.4, 0.5) is 0 Å². The Bertz CT molecular complexity index is 343. The zero-order chi connectivity index (χ0) is 10.7. The zero-order valence-electron chi connectivity index (χ0n) is 8.44. The summed E-state index contributed by atoms with van der Waals surface area (Å²) < 4.78 is 5.63. The molecule has 2 rings (SSSR count). The summed E-state index contributed by atoms with van der Waals surface area (Å²) >= 11 is 0. The minimum Gasteiger partial charge on any atom is -0.473 e. The quantitative estimate of drug-likeness (QED) is 0.572. The second-order valence-electron chi connectivity index (χ2n) is 3.68. The molecule has 0 radical (unpaired) electrons. The van der Waals surface area contributed by atoms with Crippen LogP contribution in [0.5, 0.6) is 5.88 Å². The molecule has 0 bridgehead atoms. The van der Waals surface area contributed by atoms with Crippen molar-refractivity contribution < 1.29 is 4.74 Å². The third kappa shape index (κ3) is 2.43. The highest BCUT2D eigenvalue weighted by atomic mass is 16.5. The number of hydrogen-bond donors (Lipinski definition) is 2.